The number of benzene rings is 1. The second kappa shape index (κ2) is 8.49. The van der Waals surface area contributed by atoms with E-state index in [0.717, 1.165) is 36.9 Å². The number of carbonyl (C=O) groups excluding carboxylic acids is 1. The topological polar surface area (TPSA) is 32.3 Å². The van der Waals surface area contributed by atoms with Crippen LogP contribution in [-0.2, 0) is 11.2 Å². The Morgan fingerprint density at radius 2 is 1.91 bits per heavy atom. The van der Waals surface area contributed by atoms with Gasteiger partial charge in [-0.2, -0.15) is 0 Å². The fraction of sp³-hybridized carbons (Fsp3) is 0.650. The first kappa shape index (κ1) is 18.0. The van der Waals surface area contributed by atoms with Crippen LogP contribution < -0.4 is 5.32 Å². The molecule has 0 spiro atoms. The van der Waals surface area contributed by atoms with E-state index in [2.05, 4.69) is 56.1 Å². The zero-order valence-corrected chi connectivity index (χ0v) is 15.2. The van der Waals surface area contributed by atoms with Crippen LogP contribution in [-0.4, -0.2) is 37.0 Å². The number of piperidine rings is 1. The Morgan fingerprint density at radius 1 is 1.22 bits per heavy atom. The third-order valence-corrected chi connectivity index (χ3v) is 4.77. The lowest BCUT2D eigenvalue weighted by atomic mass is 9.92. The summed E-state index contributed by atoms with van der Waals surface area (Å²) in [4.78, 5) is 14.7. The summed E-state index contributed by atoms with van der Waals surface area (Å²) < 4.78 is 0. The molecule has 3 nitrogen and oxygen atoms in total. The summed E-state index contributed by atoms with van der Waals surface area (Å²) in [6.45, 7) is 13.1. The minimum Gasteiger partial charge on any atom is -0.356 e. The third kappa shape index (κ3) is 5.98. The second-order valence-corrected chi connectivity index (χ2v) is 7.52. The lowest BCUT2D eigenvalue weighted by molar-refractivity contribution is -0.120. The molecule has 2 rings (SSSR count). The Hall–Kier alpha value is -1.35. The smallest absolute Gasteiger partial charge is 0.224 e. The van der Waals surface area contributed by atoms with E-state index >= 15 is 0 Å². The molecule has 0 bridgehead atoms. The molecule has 0 aliphatic carbocycles. The summed E-state index contributed by atoms with van der Waals surface area (Å²) >= 11 is 0. The number of aryl methyl sites for hydroxylation is 2. The summed E-state index contributed by atoms with van der Waals surface area (Å²) in [6.07, 6.45) is 2.88. The first-order valence-corrected chi connectivity index (χ1v) is 8.99. The quantitative estimate of drug-likeness (QED) is 0.817. The number of hydrogen-bond acceptors (Lipinski definition) is 2. The fourth-order valence-electron chi connectivity index (χ4n) is 3.73. The van der Waals surface area contributed by atoms with E-state index in [4.69, 9.17) is 0 Å². The number of carbonyl (C=O) groups is 1. The predicted molar refractivity (Wildman–Crippen MR) is 96.6 cm³/mol. The minimum atomic E-state index is 0.138. The van der Waals surface area contributed by atoms with Gasteiger partial charge in [-0.15, -0.1) is 0 Å². The van der Waals surface area contributed by atoms with Crippen molar-refractivity contribution in [3.63, 3.8) is 0 Å². The standard InChI is InChI=1S/C20H32N2O/c1-15-6-7-18(4)19(11-15)12-20(23)21-8-5-9-22-13-16(2)10-17(3)14-22/h6-7,11,16-17H,5,8-10,12-14H2,1-4H3,(H,21,23)/t16-,17-/m0/s1. The van der Waals surface area contributed by atoms with Gasteiger partial charge in [0.2, 0.25) is 5.91 Å². The lowest BCUT2D eigenvalue weighted by Crippen LogP contribution is -2.40. The van der Waals surface area contributed by atoms with Crippen molar-refractivity contribution >= 4 is 5.91 Å². The van der Waals surface area contributed by atoms with E-state index in [1.807, 2.05) is 0 Å². The van der Waals surface area contributed by atoms with Gasteiger partial charge in [-0.05, 0) is 56.2 Å². The molecule has 1 aliphatic heterocycles. The monoisotopic (exact) mass is 316 g/mol. The zero-order chi connectivity index (χ0) is 16.8. The summed E-state index contributed by atoms with van der Waals surface area (Å²) in [7, 11) is 0. The van der Waals surface area contributed by atoms with Gasteiger partial charge in [0.1, 0.15) is 0 Å². The predicted octanol–water partition coefficient (Wildman–Crippen LogP) is 3.33. The fourth-order valence-corrected chi connectivity index (χ4v) is 3.73. The van der Waals surface area contributed by atoms with Crippen LogP contribution in [0.5, 0.6) is 0 Å². The molecule has 1 N–H and O–H groups in total. The molecule has 1 aliphatic rings. The van der Waals surface area contributed by atoms with Crippen LogP contribution in [0.3, 0.4) is 0 Å². The van der Waals surface area contributed by atoms with Crippen molar-refractivity contribution in [1.82, 2.24) is 10.2 Å². The van der Waals surface area contributed by atoms with Crippen molar-refractivity contribution in [2.75, 3.05) is 26.2 Å². The largest absolute Gasteiger partial charge is 0.356 e. The van der Waals surface area contributed by atoms with Gasteiger partial charge in [0.25, 0.3) is 0 Å². The normalized spacial score (nSPS) is 22.1. The lowest BCUT2D eigenvalue weighted by Gasteiger charge is -2.34. The molecule has 1 fully saturated rings. The van der Waals surface area contributed by atoms with Gasteiger partial charge in [0, 0.05) is 19.6 Å². The van der Waals surface area contributed by atoms with E-state index in [1.165, 1.54) is 30.6 Å². The minimum absolute atomic E-state index is 0.138. The molecule has 3 heteroatoms. The molecule has 0 radical (unpaired) electrons. The van der Waals surface area contributed by atoms with Crippen molar-refractivity contribution in [3.05, 3.63) is 34.9 Å². The Bertz CT molecular complexity index is 516. The Balaban J connectivity index is 1.68. The molecule has 0 saturated carbocycles. The van der Waals surface area contributed by atoms with Crippen LogP contribution in [0, 0.1) is 25.7 Å². The first-order chi connectivity index (χ1) is 10.9. The molecule has 1 amide bonds. The Labute approximate surface area is 141 Å². The number of nitrogens with one attached hydrogen (secondary N) is 1. The van der Waals surface area contributed by atoms with Crippen LogP contribution >= 0.6 is 0 Å². The average molecular weight is 316 g/mol. The van der Waals surface area contributed by atoms with Crippen LogP contribution in [0.25, 0.3) is 0 Å². The highest BCUT2D eigenvalue weighted by Gasteiger charge is 2.21. The number of hydrogen-bond donors (Lipinski definition) is 1. The number of amides is 1. The van der Waals surface area contributed by atoms with Crippen LogP contribution in [0.1, 0.15) is 43.4 Å². The zero-order valence-electron chi connectivity index (χ0n) is 15.2. The average Bonchev–Trinajstić information content (AvgIpc) is 2.46. The van der Waals surface area contributed by atoms with E-state index in [1.54, 1.807) is 0 Å². The highest BCUT2D eigenvalue weighted by atomic mass is 16.1. The third-order valence-electron chi connectivity index (χ3n) is 4.77. The number of rotatable bonds is 6. The molecule has 1 aromatic carbocycles. The van der Waals surface area contributed by atoms with E-state index < -0.39 is 0 Å². The Kier molecular flexibility index (Phi) is 6.64. The van der Waals surface area contributed by atoms with Crippen LogP contribution in [0.4, 0.5) is 0 Å². The molecular weight excluding hydrogens is 284 g/mol. The molecular formula is C20H32N2O. The van der Waals surface area contributed by atoms with Gasteiger partial charge < -0.3 is 10.2 Å². The first-order valence-electron chi connectivity index (χ1n) is 8.99. The van der Waals surface area contributed by atoms with Crippen molar-refractivity contribution in [2.24, 2.45) is 11.8 Å². The van der Waals surface area contributed by atoms with E-state index in [0.29, 0.717) is 6.42 Å². The molecule has 23 heavy (non-hydrogen) atoms. The van der Waals surface area contributed by atoms with Crippen LogP contribution in [0.15, 0.2) is 18.2 Å². The summed E-state index contributed by atoms with van der Waals surface area (Å²) in [5.41, 5.74) is 3.55. The highest BCUT2D eigenvalue weighted by molar-refractivity contribution is 5.78. The molecule has 0 unspecified atom stereocenters. The maximum atomic E-state index is 12.1. The number of nitrogens with zero attached hydrogens (tertiary/aromatic N) is 1. The molecule has 1 heterocycles. The molecule has 0 aromatic heterocycles. The molecule has 2 atom stereocenters. The molecule has 128 valence electrons. The van der Waals surface area contributed by atoms with Gasteiger partial charge in [0.05, 0.1) is 6.42 Å². The van der Waals surface area contributed by atoms with Crippen molar-refractivity contribution in [2.45, 2.75) is 47.0 Å². The SMILES string of the molecule is Cc1ccc(C)c(CC(=O)NCCCN2C[C@@H](C)C[C@H](C)C2)c1. The summed E-state index contributed by atoms with van der Waals surface area (Å²) in [5, 5.41) is 3.07. The Morgan fingerprint density at radius 3 is 2.61 bits per heavy atom. The van der Waals surface area contributed by atoms with Crippen molar-refractivity contribution in [1.29, 1.82) is 0 Å². The van der Waals surface area contributed by atoms with E-state index in [9.17, 15) is 4.79 Å². The molecule has 1 saturated heterocycles. The van der Waals surface area contributed by atoms with Crippen LogP contribution in [0.2, 0.25) is 0 Å². The van der Waals surface area contributed by atoms with Gasteiger partial charge in [-0.1, -0.05) is 37.6 Å². The number of likely N-dealkylation sites (tertiary alicyclic amines) is 1. The van der Waals surface area contributed by atoms with Crippen molar-refractivity contribution < 1.29 is 4.79 Å². The summed E-state index contributed by atoms with van der Waals surface area (Å²) in [5.74, 6) is 1.74. The maximum Gasteiger partial charge on any atom is 0.224 e. The molecule has 1 aromatic rings. The maximum absolute atomic E-state index is 12.1. The van der Waals surface area contributed by atoms with Gasteiger partial charge in [-0.3, -0.25) is 4.79 Å². The van der Waals surface area contributed by atoms with Crippen molar-refractivity contribution in [3.8, 4) is 0 Å². The van der Waals surface area contributed by atoms with Gasteiger partial charge in [0.15, 0.2) is 0 Å². The van der Waals surface area contributed by atoms with E-state index in [-0.39, 0.29) is 5.91 Å². The summed E-state index contributed by atoms with van der Waals surface area (Å²) in [6, 6.07) is 6.30. The highest BCUT2D eigenvalue weighted by Crippen LogP contribution is 2.20. The second-order valence-electron chi connectivity index (χ2n) is 7.52. The van der Waals surface area contributed by atoms with Gasteiger partial charge >= 0.3 is 0 Å². The van der Waals surface area contributed by atoms with Gasteiger partial charge in [-0.25, -0.2) is 0 Å².